The zero-order chi connectivity index (χ0) is 30.7. The normalized spacial score (nSPS) is 15.9. The summed E-state index contributed by atoms with van der Waals surface area (Å²) in [6, 6.07) is 10.4. The molecular formula is C29H25F9N2O2. The van der Waals surface area contributed by atoms with Crippen LogP contribution in [0.2, 0.25) is 0 Å². The number of halogens is 9. The van der Waals surface area contributed by atoms with Crippen molar-refractivity contribution in [3.8, 4) is 5.75 Å². The number of hydrogen-bond donors (Lipinski definition) is 2. The van der Waals surface area contributed by atoms with Crippen LogP contribution in [0.3, 0.4) is 0 Å². The molecule has 0 aromatic heterocycles. The lowest BCUT2D eigenvalue weighted by molar-refractivity contribution is -0.253. The molecule has 0 heterocycles. The molecule has 0 aliphatic heterocycles. The van der Waals surface area contributed by atoms with E-state index in [1.165, 1.54) is 0 Å². The molecule has 1 atom stereocenters. The van der Waals surface area contributed by atoms with Gasteiger partial charge in [0.05, 0.1) is 11.1 Å². The van der Waals surface area contributed by atoms with Gasteiger partial charge in [-0.15, -0.1) is 0 Å². The van der Waals surface area contributed by atoms with Crippen LogP contribution in [0.15, 0.2) is 66.7 Å². The van der Waals surface area contributed by atoms with Crippen molar-refractivity contribution in [2.45, 2.75) is 62.4 Å². The predicted molar refractivity (Wildman–Crippen MR) is 134 cm³/mol. The second-order valence-corrected chi connectivity index (χ2v) is 9.98. The highest BCUT2D eigenvalue weighted by Gasteiger charge is 2.45. The third-order valence-corrected chi connectivity index (χ3v) is 6.97. The van der Waals surface area contributed by atoms with Gasteiger partial charge in [0.2, 0.25) is 0 Å². The predicted octanol–water partition coefficient (Wildman–Crippen LogP) is 7.95. The average Bonchev–Trinajstić information content (AvgIpc) is 3.40. The molecule has 2 N–H and O–H groups in total. The number of benzene rings is 3. The number of urea groups is 1. The summed E-state index contributed by atoms with van der Waals surface area (Å²) in [4.78, 5) is 13.3. The first-order chi connectivity index (χ1) is 19.7. The van der Waals surface area contributed by atoms with Gasteiger partial charge >= 0.3 is 24.7 Å². The first-order valence-corrected chi connectivity index (χ1v) is 12.9. The standard InChI is InChI=1S/C29H25F9N2O2/c30-20-12-19(13-22(15-20)42-29(37,38)25(32)33)27(16-17-6-2-1-3-7-17,40-26(41)39-21-8-4-5-9-21)18-10-11-24(31)23(14-18)28(34,35)36/h1-3,6-7,10-15,21,25H,4-5,8-9,16H2,(H2,39,40,41). The van der Waals surface area contributed by atoms with Crippen LogP contribution in [0.5, 0.6) is 5.75 Å². The Hall–Kier alpha value is -3.90. The Morgan fingerprint density at radius 2 is 1.55 bits per heavy atom. The van der Waals surface area contributed by atoms with Gasteiger partial charge in [0, 0.05) is 18.5 Å². The Bertz CT molecular complexity index is 1390. The number of rotatable bonds is 9. The highest BCUT2D eigenvalue weighted by molar-refractivity contribution is 5.76. The second kappa shape index (κ2) is 12.1. The molecule has 0 spiro atoms. The summed E-state index contributed by atoms with van der Waals surface area (Å²) in [5.74, 6) is -3.99. The van der Waals surface area contributed by atoms with Crippen molar-refractivity contribution in [3.05, 3.63) is 101 Å². The summed E-state index contributed by atoms with van der Waals surface area (Å²) in [5, 5.41) is 5.29. The van der Waals surface area contributed by atoms with E-state index in [2.05, 4.69) is 15.4 Å². The molecule has 4 rings (SSSR count). The molecule has 1 unspecified atom stereocenters. The minimum absolute atomic E-state index is 0.283. The van der Waals surface area contributed by atoms with Crippen LogP contribution in [0.1, 0.15) is 47.9 Å². The van der Waals surface area contributed by atoms with E-state index < -0.39 is 58.8 Å². The molecule has 1 aliphatic rings. The van der Waals surface area contributed by atoms with Crippen molar-refractivity contribution in [1.82, 2.24) is 10.6 Å². The SMILES string of the molecule is O=C(NC1CCCC1)NC(Cc1ccccc1)(c1cc(F)cc(OC(F)(F)C(F)F)c1)c1ccc(F)c(C(F)(F)F)c1. The monoisotopic (exact) mass is 604 g/mol. The van der Waals surface area contributed by atoms with Gasteiger partial charge in [-0.3, -0.25) is 0 Å². The Kier molecular flexibility index (Phi) is 8.98. The Morgan fingerprint density at radius 3 is 2.17 bits per heavy atom. The van der Waals surface area contributed by atoms with E-state index in [1.807, 2.05) is 0 Å². The second-order valence-electron chi connectivity index (χ2n) is 9.98. The van der Waals surface area contributed by atoms with E-state index in [0.717, 1.165) is 31.0 Å². The van der Waals surface area contributed by atoms with Crippen molar-refractivity contribution in [2.75, 3.05) is 0 Å². The van der Waals surface area contributed by atoms with Crippen molar-refractivity contribution in [3.63, 3.8) is 0 Å². The molecule has 1 saturated carbocycles. The van der Waals surface area contributed by atoms with Gasteiger partial charge in [-0.1, -0.05) is 49.2 Å². The van der Waals surface area contributed by atoms with Gasteiger partial charge in [0.1, 0.15) is 17.4 Å². The molecule has 3 aromatic rings. The Morgan fingerprint density at radius 1 is 0.881 bits per heavy atom. The summed E-state index contributed by atoms with van der Waals surface area (Å²) in [5.41, 5.74) is -4.29. The topological polar surface area (TPSA) is 50.4 Å². The third kappa shape index (κ3) is 7.11. The maximum atomic E-state index is 14.9. The van der Waals surface area contributed by atoms with Crippen LogP contribution in [0.25, 0.3) is 0 Å². The summed E-state index contributed by atoms with van der Waals surface area (Å²) >= 11 is 0. The van der Waals surface area contributed by atoms with Crippen molar-refractivity contribution in [1.29, 1.82) is 0 Å². The molecule has 13 heteroatoms. The van der Waals surface area contributed by atoms with Crippen LogP contribution in [0, 0.1) is 11.6 Å². The van der Waals surface area contributed by atoms with E-state index in [-0.39, 0.29) is 18.0 Å². The van der Waals surface area contributed by atoms with Crippen molar-refractivity contribution >= 4 is 6.03 Å². The Labute approximate surface area is 234 Å². The van der Waals surface area contributed by atoms with E-state index >= 15 is 0 Å². The molecule has 226 valence electrons. The summed E-state index contributed by atoms with van der Waals surface area (Å²) < 4.78 is 128. The zero-order valence-corrected chi connectivity index (χ0v) is 21.8. The zero-order valence-electron chi connectivity index (χ0n) is 21.8. The fourth-order valence-corrected chi connectivity index (χ4v) is 5.02. The number of carbonyl (C=O) groups excluding carboxylic acids is 1. The van der Waals surface area contributed by atoms with Gasteiger partial charge in [-0.05, 0) is 53.8 Å². The van der Waals surface area contributed by atoms with Gasteiger partial charge in [0.15, 0.2) is 0 Å². The first-order valence-electron chi connectivity index (χ1n) is 12.9. The number of alkyl halides is 7. The molecule has 1 aliphatic carbocycles. The molecule has 3 aromatic carbocycles. The van der Waals surface area contributed by atoms with Gasteiger partial charge in [-0.25, -0.2) is 13.6 Å². The minimum Gasteiger partial charge on any atom is -0.428 e. The fraction of sp³-hybridized carbons (Fsp3) is 0.345. The minimum atomic E-state index is -5.18. The van der Waals surface area contributed by atoms with Gasteiger partial charge in [0.25, 0.3) is 0 Å². The highest BCUT2D eigenvalue weighted by Crippen LogP contribution is 2.40. The van der Waals surface area contributed by atoms with E-state index in [9.17, 15) is 44.3 Å². The molecule has 0 saturated heterocycles. The van der Waals surface area contributed by atoms with Crippen LogP contribution in [-0.2, 0) is 18.1 Å². The fourth-order valence-electron chi connectivity index (χ4n) is 5.02. The number of carbonyl (C=O) groups is 1. The lowest BCUT2D eigenvalue weighted by atomic mass is 9.77. The molecule has 1 fully saturated rings. The third-order valence-electron chi connectivity index (χ3n) is 6.97. The van der Waals surface area contributed by atoms with Crippen molar-refractivity contribution < 1.29 is 49.0 Å². The number of ether oxygens (including phenoxy) is 1. The maximum Gasteiger partial charge on any atom is 0.461 e. The summed E-state index contributed by atoms with van der Waals surface area (Å²) in [7, 11) is 0. The largest absolute Gasteiger partial charge is 0.461 e. The van der Waals surface area contributed by atoms with E-state index in [4.69, 9.17) is 0 Å². The average molecular weight is 605 g/mol. The molecule has 2 amide bonds. The quantitative estimate of drug-likeness (QED) is 0.244. The van der Waals surface area contributed by atoms with Crippen LogP contribution < -0.4 is 15.4 Å². The van der Waals surface area contributed by atoms with Crippen LogP contribution in [0.4, 0.5) is 44.3 Å². The molecule has 0 radical (unpaired) electrons. The molecule has 42 heavy (non-hydrogen) atoms. The lowest BCUT2D eigenvalue weighted by Gasteiger charge is -2.37. The Balaban J connectivity index is 1.95. The number of hydrogen-bond acceptors (Lipinski definition) is 2. The molecular weight excluding hydrogens is 579 g/mol. The maximum absolute atomic E-state index is 14.9. The smallest absolute Gasteiger partial charge is 0.428 e. The van der Waals surface area contributed by atoms with Gasteiger partial charge in [-0.2, -0.15) is 30.7 Å². The van der Waals surface area contributed by atoms with E-state index in [1.54, 1.807) is 30.3 Å². The van der Waals surface area contributed by atoms with Crippen LogP contribution >= 0.6 is 0 Å². The highest BCUT2D eigenvalue weighted by atomic mass is 19.4. The molecule has 0 bridgehead atoms. The van der Waals surface area contributed by atoms with Crippen LogP contribution in [-0.4, -0.2) is 24.6 Å². The lowest BCUT2D eigenvalue weighted by Crippen LogP contribution is -2.53. The van der Waals surface area contributed by atoms with Gasteiger partial charge < -0.3 is 15.4 Å². The summed E-state index contributed by atoms with van der Waals surface area (Å²) in [6.07, 6.45) is -12.0. The summed E-state index contributed by atoms with van der Waals surface area (Å²) in [6.45, 7) is 0. The number of amides is 2. The molecule has 4 nitrogen and oxygen atoms in total. The van der Waals surface area contributed by atoms with E-state index in [0.29, 0.717) is 36.6 Å². The number of nitrogens with one attached hydrogen (secondary N) is 2. The van der Waals surface area contributed by atoms with Crippen molar-refractivity contribution in [2.24, 2.45) is 0 Å². The first kappa shape index (κ1) is 31.0.